The summed E-state index contributed by atoms with van der Waals surface area (Å²) in [6.45, 7) is 0. The molecule has 0 amide bonds. The second kappa shape index (κ2) is 5.36. The van der Waals surface area contributed by atoms with Crippen molar-refractivity contribution in [3.05, 3.63) is 46.5 Å². The van der Waals surface area contributed by atoms with Crippen LogP contribution in [0.3, 0.4) is 0 Å². The lowest BCUT2D eigenvalue weighted by atomic mass is 10.2. The Morgan fingerprint density at radius 3 is 2.89 bits per heavy atom. The van der Waals surface area contributed by atoms with Crippen molar-refractivity contribution in [1.82, 2.24) is 19.9 Å². The molecule has 1 N–H and O–H groups in total. The molecule has 0 aliphatic heterocycles. The molecule has 0 radical (unpaired) electrons. The Morgan fingerprint density at radius 1 is 1.16 bits per heavy atom. The largest absolute Gasteiger partial charge is 0.341 e. The van der Waals surface area contributed by atoms with Crippen molar-refractivity contribution in [2.45, 2.75) is 10.8 Å². The van der Waals surface area contributed by atoms with Crippen LogP contribution in [0.5, 0.6) is 0 Å². The predicted octanol–water partition coefficient (Wildman–Crippen LogP) is 3.95. The molecule has 0 unspecified atom stereocenters. The lowest BCUT2D eigenvalue weighted by molar-refractivity contribution is 1.08. The fourth-order valence-electron chi connectivity index (χ4n) is 1.64. The van der Waals surface area contributed by atoms with Crippen molar-refractivity contribution in [3.8, 4) is 0 Å². The van der Waals surface area contributed by atoms with Gasteiger partial charge in [-0.05, 0) is 17.7 Å². The van der Waals surface area contributed by atoms with Crippen molar-refractivity contribution >= 4 is 46.1 Å². The van der Waals surface area contributed by atoms with E-state index in [4.69, 9.17) is 23.2 Å². The van der Waals surface area contributed by atoms with E-state index >= 15 is 0 Å². The number of imidazole rings is 1. The quantitative estimate of drug-likeness (QED) is 0.588. The van der Waals surface area contributed by atoms with Gasteiger partial charge in [0.2, 0.25) is 0 Å². The molecule has 0 spiro atoms. The van der Waals surface area contributed by atoms with Gasteiger partial charge in [0.25, 0.3) is 0 Å². The van der Waals surface area contributed by atoms with Crippen LogP contribution in [0.1, 0.15) is 5.56 Å². The maximum atomic E-state index is 6.14. The zero-order valence-corrected chi connectivity index (χ0v) is 11.9. The van der Waals surface area contributed by atoms with E-state index in [-0.39, 0.29) is 0 Å². The minimum atomic E-state index is 0.636. The lowest BCUT2D eigenvalue weighted by Gasteiger charge is -2.04. The maximum Gasteiger partial charge on any atom is 0.181 e. The number of nitrogens with zero attached hydrogens (tertiary/aromatic N) is 3. The third-order valence-electron chi connectivity index (χ3n) is 2.57. The van der Waals surface area contributed by atoms with E-state index in [0.29, 0.717) is 21.4 Å². The number of aromatic nitrogens is 4. The molecule has 2 heterocycles. The van der Waals surface area contributed by atoms with Crippen LogP contribution in [0.15, 0.2) is 35.9 Å². The van der Waals surface area contributed by atoms with Gasteiger partial charge in [0.05, 0.1) is 6.33 Å². The van der Waals surface area contributed by atoms with E-state index in [0.717, 1.165) is 16.1 Å². The van der Waals surface area contributed by atoms with Crippen LogP contribution in [0.2, 0.25) is 10.0 Å². The van der Waals surface area contributed by atoms with E-state index in [2.05, 4.69) is 19.9 Å². The first-order chi connectivity index (χ1) is 9.24. The van der Waals surface area contributed by atoms with Gasteiger partial charge in [0, 0.05) is 15.8 Å². The number of halogens is 2. The number of fused-ring (bicyclic) bond motifs is 1. The van der Waals surface area contributed by atoms with Crippen LogP contribution in [0.25, 0.3) is 11.2 Å². The van der Waals surface area contributed by atoms with Gasteiger partial charge in [0.15, 0.2) is 5.65 Å². The smallest absolute Gasteiger partial charge is 0.181 e. The molecular weight excluding hydrogens is 303 g/mol. The third kappa shape index (κ3) is 2.68. The van der Waals surface area contributed by atoms with Gasteiger partial charge in [-0.1, -0.05) is 41.0 Å². The molecule has 0 aliphatic rings. The van der Waals surface area contributed by atoms with E-state index in [1.165, 1.54) is 6.33 Å². The summed E-state index contributed by atoms with van der Waals surface area (Å²) in [6.07, 6.45) is 3.12. The second-order valence-electron chi connectivity index (χ2n) is 3.80. The summed E-state index contributed by atoms with van der Waals surface area (Å²) in [4.78, 5) is 15.5. The molecule has 4 nitrogen and oxygen atoms in total. The molecule has 0 bridgehead atoms. The Kier molecular flexibility index (Phi) is 3.59. The summed E-state index contributed by atoms with van der Waals surface area (Å²) in [5.74, 6) is 0.709. The van der Waals surface area contributed by atoms with Crippen LogP contribution < -0.4 is 0 Å². The molecule has 3 rings (SSSR count). The topological polar surface area (TPSA) is 54.5 Å². The highest BCUT2D eigenvalue weighted by molar-refractivity contribution is 7.98. The molecule has 19 heavy (non-hydrogen) atoms. The van der Waals surface area contributed by atoms with Crippen molar-refractivity contribution < 1.29 is 0 Å². The van der Waals surface area contributed by atoms with Gasteiger partial charge < -0.3 is 4.98 Å². The van der Waals surface area contributed by atoms with Gasteiger partial charge in [-0.25, -0.2) is 15.0 Å². The van der Waals surface area contributed by atoms with Crippen molar-refractivity contribution in [2.24, 2.45) is 0 Å². The molecule has 7 heteroatoms. The number of benzene rings is 1. The number of nitrogens with one attached hydrogen (secondary N) is 1. The fraction of sp³-hybridized carbons (Fsp3) is 0.0833. The maximum absolute atomic E-state index is 6.14. The highest BCUT2D eigenvalue weighted by Crippen LogP contribution is 2.29. The molecule has 0 aliphatic carbocycles. The highest BCUT2D eigenvalue weighted by Gasteiger charge is 2.08. The predicted molar refractivity (Wildman–Crippen MR) is 77.7 cm³/mol. The van der Waals surface area contributed by atoms with Crippen LogP contribution in [-0.2, 0) is 5.75 Å². The summed E-state index contributed by atoms with van der Waals surface area (Å²) in [5.41, 5.74) is 2.53. The molecule has 3 aromatic rings. The molecule has 96 valence electrons. The first-order valence-corrected chi connectivity index (χ1v) is 7.19. The second-order valence-corrected chi connectivity index (χ2v) is 5.61. The zero-order chi connectivity index (χ0) is 13.2. The number of hydrogen-bond acceptors (Lipinski definition) is 4. The zero-order valence-electron chi connectivity index (χ0n) is 9.60. The van der Waals surface area contributed by atoms with E-state index in [1.54, 1.807) is 24.2 Å². The molecule has 0 fully saturated rings. The monoisotopic (exact) mass is 310 g/mol. The first-order valence-electron chi connectivity index (χ1n) is 5.45. The molecule has 0 saturated carbocycles. The van der Waals surface area contributed by atoms with Gasteiger partial charge in [-0.2, -0.15) is 0 Å². The van der Waals surface area contributed by atoms with Gasteiger partial charge in [-0.15, -0.1) is 0 Å². The number of hydrogen-bond donors (Lipinski definition) is 1. The van der Waals surface area contributed by atoms with Crippen LogP contribution in [0, 0.1) is 0 Å². The van der Waals surface area contributed by atoms with Crippen LogP contribution >= 0.6 is 35.0 Å². The van der Waals surface area contributed by atoms with Crippen molar-refractivity contribution in [1.29, 1.82) is 0 Å². The van der Waals surface area contributed by atoms with Crippen LogP contribution in [-0.4, -0.2) is 19.9 Å². The standard InChI is InChI=1S/C12H8Cl2N4S/c13-8-2-1-7(9(14)3-8)4-19-12-10-11(16-5-15-10)17-6-18-12/h1-3,5-6H,4H2,(H,15,16,17,18). The minimum absolute atomic E-state index is 0.636. The average molecular weight is 311 g/mol. The molecule has 1 aromatic carbocycles. The van der Waals surface area contributed by atoms with Crippen molar-refractivity contribution in [3.63, 3.8) is 0 Å². The highest BCUT2D eigenvalue weighted by atomic mass is 35.5. The van der Waals surface area contributed by atoms with Crippen LogP contribution in [0.4, 0.5) is 0 Å². The third-order valence-corrected chi connectivity index (χ3v) is 4.19. The SMILES string of the molecule is Clc1ccc(CSc2ncnc3nc[nH]c23)c(Cl)c1. The number of H-pyrrole nitrogens is 1. The summed E-state index contributed by atoms with van der Waals surface area (Å²) in [5, 5.41) is 2.15. The average Bonchev–Trinajstić information content (AvgIpc) is 2.86. The van der Waals surface area contributed by atoms with Gasteiger partial charge in [0.1, 0.15) is 16.9 Å². The Morgan fingerprint density at radius 2 is 2.05 bits per heavy atom. The number of rotatable bonds is 3. The van der Waals surface area contributed by atoms with Gasteiger partial charge >= 0.3 is 0 Å². The number of aromatic amines is 1. The van der Waals surface area contributed by atoms with Gasteiger partial charge in [-0.3, -0.25) is 0 Å². The minimum Gasteiger partial charge on any atom is -0.341 e. The van der Waals surface area contributed by atoms with E-state index in [9.17, 15) is 0 Å². The summed E-state index contributed by atoms with van der Waals surface area (Å²) < 4.78 is 0. The normalized spacial score (nSPS) is 11.1. The van der Waals surface area contributed by atoms with E-state index in [1.807, 2.05) is 12.1 Å². The molecular formula is C12H8Cl2N4S. The Hall–Kier alpha value is -1.30. The molecule has 0 saturated heterocycles. The Bertz CT molecular complexity index is 729. The Balaban J connectivity index is 1.84. The number of thioether (sulfide) groups is 1. The summed E-state index contributed by atoms with van der Waals surface area (Å²) in [6, 6.07) is 5.49. The molecule has 2 aromatic heterocycles. The summed E-state index contributed by atoms with van der Waals surface area (Å²) >= 11 is 13.6. The fourth-order valence-corrected chi connectivity index (χ4v) is 3.15. The molecule has 0 atom stereocenters. The summed E-state index contributed by atoms with van der Waals surface area (Å²) in [7, 11) is 0. The first kappa shape index (κ1) is 12.7. The lowest BCUT2D eigenvalue weighted by Crippen LogP contribution is -1.88. The van der Waals surface area contributed by atoms with Crippen molar-refractivity contribution in [2.75, 3.05) is 0 Å². The Labute approximate surface area is 123 Å². The van der Waals surface area contributed by atoms with E-state index < -0.39 is 0 Å².